The molecule has 0 aromatic carbocycles. The van der Waals surface area contributed by atoms with Crippen molar-refractivity contribution in [3.63, 3.8) is 0 Å². The molecule has 0 unspecified atom stereocenters. The molecule has 0 saturated carbocycles. The van der Waals surface area contributed by atoms with Crippen LogP contribution in [0.4, 0.5) is 0 Å². The summed E-state index contributed by atoms with van der Waals surface area (Å²) in [6.45, 7) is 12.7. The zero-order valence-electron chi connectivity index (χ0n) is 18.0. The van der Waals surface area contributed by atoms with Gasteiger partial charge in [0.1, 0.15) is 5.56 Å². The van der Waals surface area contributed by atoms with E-state index >= 15 is 0 Å². The molecule has 29 heavy (non-hydrogen) atoms. The third kappa shape index (κ3) is 5.90. The molecule has 7 heteroatoms. The minimum absolute atomic E-state index is 0.169. The van der Waals surface area contributed by atoms with Crippen molar-refractivity contribution in [1.82, 2.24) is 19.7 Å². The van der Waals surface area contributed by atoms with Crippen LogP contribution in [0.1, 0.15) is 47.9 Å². The summed E-state index contributed by atoms with van der Waals surface area (Å²) in [5, 5.41) is 2.97. The number of hydrogen-bond acceptors (Lipinski definition) is 5. The van der Waals surface area contributed by atoms with Crippen LogP contribution in [-0.4, -0.2) is 79.3 Å². The van der Waals surface area contributed by atoms with Crippen molar-refractivity contribution in [2.75, 3.05) is 59.0 Å². The van der Waals surface area contributed by atoms with Gasteiger partial charge >= 0.3 is 0 Å². The Morgan fingerprint density at radius 1 is 1.03 bits per heavy atom. The first-order chi connectivity index (χ1) is 14.1. The number of rotatable bonds is 8. The highest BCUT2D eigenvalue weighted by atomic mass is 16.5. The van der Waals surface area contributed by atoms with Crippen molar-refractivity contribution in [1.29, 1.82) is 0 Å². The quantitative estimate of drug-likeness (QED) is 0.707. The Morgan fingerprint density at radius 2 is 1.72 bits per heavy atom. The molecule has 2 saturated heterocycles. The Bertz CT molecular complexity index is 734. The number of nitrogens with zero attached hydrogens (tertiary/aromatic N) is 3. The van der Waals surface area contributed by atoms with Crippen molar-refractivity contribution < 1.29 is 9.53 Å². The first kappa shape index (κ1) is 22.0. The molecule has 0 atom stereocenters. The van der Waals surface area contributed by atoms with Gasteiger partial charge in [0.15, 0.2) is 5.43 Å². The van der Waals surface area contributed by atoms with Crippen LogP contribution in [0, 0.1) is 6.92 Å². The number of aryl methyl sites for hydroxylation is 1. The summed E-state index contributed by atoms with van der Waals surface area (Å²) in [7, 11) is 0. The second-order valence-electron chi connectivity index (χ2n) is 8.09. The van der Waals surface area contributed by atoms with E-state index in [1.165, 1.54) is 19.3 Å². The monoisotopic (exact) mass is 404 g/mol. The van der Waals surface area contributed by atoms with Crippen LogP contribution in [0.3, 0.4) is 0 Å². The lowest BCUT2D eigenvalue weighted by Crippen LogP contribution is -2.42. The Hall–Kier alpha value is -1.70. The van der Waals surface area contributed by atoms with Gasteiger partial charge in [0, 0.05) is 56.7 Å². The van der Waals surface area contributed by atoms with E-state index in [2.05, 4.69) is 19.7 Å². The zero-order chi connectivity index (χ0) is 20.6. The molecule has 1 amide bonds. The van der Waals surface area contributed by atoms with Gasteiger partial charge in [0.05, 0.1) is 13.2 Å². The molecule has 0 spiro atoms. The highest BCUT2D eigenvalue weighted by Crippen LogP contribution is 2.13. The first-order valence-corrected chi connectivity index (χ1v) is 11.1. The van der Waals surface area contributed by atoms with E-state index in [4.69, 9.17) is 4.74 Å². The third-order valence-corrected chi connectivity index (χ3v) is 6.09. The fourth-order valence-electron chi connectivity index (χ4n) is 4.42. The molecule has 7 nitrogen and oxygen atoms in total. The van der Waals surface area contributed by atoms with Crippen LogP contribution >= 0.6 is 0 Å². The topological polar surface area (TPSA) is 66.8 Å². The van der Waals surface area contributed by atoms with Crippen molar-refractivity contribution >= 4 is 5.91 Å². The summed E-state index contributed by atoms with van der Waals surface area (Å²) in [5.74, 6) is -0.244. The number of nitrogens with one attached hydrogen (secondary N) is 1. The number of morpholine rings is 1. The van der Waals surface area contributed by atoms with Crippen molar-refractivity contribution in [3.8, 4) is 0 Å². The Balaban J connectivity index is 1.67. The van der Waals surface area contributed by atoms with Crippen LogP contribution < -0.4 is 10.7 Å². The normalized spacial score (nSPS) is 18.7. The van der Waals surface area contributed by atoms with E-state index in [1.807, 2.05) is 13.8 Å². The molecule has 2 aliphatic rings. The van der Waals surface area contributed by atoms with E-state index in [9.17, 15) is 9.59 Å². The van der Waals surface area contributed by atoms with Gasteiger partial charge in [0.25, 0.3) is 5.91 Å². The lowest BCUT2D eigenvalue weighted by atomic mass is 10.1. The molecule has 0 radical (unpaired) electrons. The molecule has 3 rings (SSSR count). The van der Waals surface area contributed by atoms with Gasteiger partial charge in [-0.2, -0.15) is 0 Å². The minimum Gasteiger partial charge on any atom is -0.379 e. The zero-order valence-corrected chi connectivity index (χ0v) is 18.0. The van der Waals surface area contributed by atoms with Crippen molar-refractivity contribution in [2.45, 2.75) is 46.1 Å². The van der Waals surface area contributed by atoms with Crippen LogP contribution in [0.5, 0.6) is 0 Å². The number of likely N-dealkylation sites (tertiary alicyclic amines) is 1. The number of piperidine rings is 1. The molecular weight excluding hydrogens is 368 g/mol. The van der Waals surface area contributed by atoms with Crippen molar-refractivity contribution in [3.05, 3.63) is 33.2 Å². The van der Waals surface area contributed by atoms with Crippen LogP contribution in [-0.2, 0) is 17.7 Å². The Kier molecular flexibility index (Phi) is 8.27. The molecule has 1 aromatic heterocycles. The van der Waals surface area contributed by atoms with E-state index in [0.29, 0.717) is 18.5 Å². The maximum Gasteiger partial charge on any atom is 0.257 e. The number of amides is 1. The van der Waals surface area contributed by atoms with Crippen LogP contribution in [0.25, 0.3) is 0 Å². The maximum atomic E-state index is 12.9. The molecule has 2 fully saturated rings. The second-order valence-corrected chi connectivity index (χ2v) is 8.09. The van der Waals surface area contributed by atoms with Crippen LogP contribution in [0.15, 0.2) is 10.9 Å². The highest BCUT2D eigenvalue weighted by molar-refractivity contribution is 5.95. The summed E-state index contributed by atoms with van der Waals surface area (Å²) < 4.78 is 7.53. The van der Waals surface area contributed by atoms with E-state index in [-0.39, 0.29) is 11.3 Å². The molecule has 0 aliphatic carbocycles. The van der Waals surface area contributed by atoms with Crippen molar-refractivity contribution in [2.24, 2.45) is 0 Å². The fraction of sp³-hybridized carbons (Fsp3) is 0.727. The van der Waals surface area contributed by atoms with Gasteiger partial charge in [-0.3, -0.25) is 14.5 Å². The molecule has 1 N–H and O–H groups in total. The van der Waals surface area contributed by atoms with Gasteiger partial charge in [-0.05, 0) is 39.3 Å². The molecular formula is C22H36N4O3. The lowest BCUT2D eigenvalue weighted by Gasteiger charge is -2.28. The van der Waals surface area contributed by atoms with E-state index < -0.39 is 0 Å². The number of pyridine rings is 1. The number of aromatic nitrogens is 1. The molecule has 3 heterocycles. The molecule has 1 aromatic rings. The maximum absolute atomic E-state index is 12.9. The number of carbonyl (C=O) groups is 1. The number of hydrogen-bond donors (Lipinski definition) is 1. The van der Waals surface area contributed by atoms with E-state index in [1.54, 1.807) is 6.07 Å². The van der Waals surface area contributed by atoms with Gasteiger partial charge in [-0.15, -0.1) is 0 Å². The lowest BCUT2D eigenvalue weighted by molar-refractivity contribution is 0.0383. The largest absolute Gasteiger partial charge is 0.379 e. The summed E-state index contributed by atoms with van der Waals surface area (Å²) in [4.78, 5) is 30.3. The number of carbonyl (C=O) groups excluding carboxylic acids is 1. The Labute approximate surface area is 174 Å². The summed E-state index contributed by atoms with van der Waals surface area (Å²) in [6, 6.07) is 1.62. The minimum atomic E-state index is -0.244. The second kappa shape index (κ2) is 10.9. The van der Waals surface area contributed by atoms with Crippen LogP contribution in [0.2, 0.25) is 0 Å². The van der Waals surface area contributed by atoms with Gasteiger partial charge in [0.2, 0.25) is 0 Å². The smallest absolute Gasteiger partial charge is 0.257 e. The van der Waals surface area contributed by atoms with E-state index in [0.717, 1.165) is 70.4 Å². The SMILES string of the molecule is CCc1c(C(=O)NCCN2CCOCC2)c(=O)cc(C)n1CCN1CCCCC1. The highest BCUT2D eigenvalue weighted by Gasteiger charge is 2.20. The Morgan fingerprint density at radius 3 is 2.41 bits per heavy atom. The standard InChI is InChI=1S/C22H36N4O3/c1-3-19-21(22(28)23-7-10-25-13-15-29-16-14-25)20(27)17-18(2)26(19)12-11-24-8-5-4-6-9-24/h17H,3-16H2,1-2H3,(H,23,28). The van der Waals surface area contributed by atoms with Gasteiger partial charge < -0.3 is 19.5 Å². The average molecular weight is 405 g/mol. The third-order valence-electron chi connectivity index (χ3n) is 6.09. The average Bonchev–Trinajstić information content (AvgIpc) is 2.74. The molecule has 2 aliphatic heterocycles. The first-order valence-electron chi connectivity index (χ1n) is 11.1. The van der Waals surface area contributed by atoms with Gasteiger partial charge in [-0.1, -0.05) is 13.3 Å². The predicted octanol–water partition coefficient (Wildman–Crippen LogP) is 1.27. The number of ether oxygens (including phenoxy) is 1. The fourth-order valence-corrected chi connectivity index (χ4v) is 4.42. The summed E-state index contributed by atoms with van der Waals surface area (Å²) in [5.41, 5.74) is 1.95. The predicted molar refractivity (Wildman–Crippen MR) is 115 cm³/mol. The summed E-state index contributed by atoms with van der Waals surface area (Å²) in [6.07, 6.45) is 4.52. The summed E-state index contributed by atoms with van der Waals surface area (Å²) >= 11 is 0. The molecule has 162 valence electrons. The molecule has 0 bridgehead atoms. The van der Waals surface area contributed by atoms with Gasteiger partial charge in [-0.25, -0.2) is 0 Å².